The van der Waals surface area contributed by atoms with Crippen molar-refractivity contribution >= 4 is 0 Å². The number of rotatable bonds is 5. The first-order valence-corrected chi connectivity index (χ1v) is 7.84. The van der Waals surface area contributed by atoms with Gasteiger partial charge in [-0.15, -0.1) is 0 Å². The van der Waals surface area contributed by atoms with Gasteiger partial charge in [0.1, 0.15) is 5.75 Å². The zero-order valence-electron chi connectivity index (χ0n) is 13.0. The van der Waals surface area contributed by atoms with Crippen molar-refractivity contribution in [1.82, 2.24) is 4.90 Å². The second-order valence-electron chi connectivity index (χ2n) is 6.06. The molecule has 3 rings (SSSR count). The number of para-hydroxylation sites is 1. The Hall–Kier alpha value is -1.10. The third-order valence-corrected chi connectivity index (χ3v) is 4.46. The molecule has 1 spiro atoms. The van der Waals surface area contributed by atoms with Crippen LogP contribution in [0.25, 0.3) is 0 Å². The van der Waals surface area contributed by atoms with Crippen LogP contribution in [0.1, 0.15) is 25.3 Å². The van der Waals surface area contributed by atoms with Crippen molar-refractivity contribution in [2.75, 3.05) is 33.4 Å². The van der Waals surface area contributed by atoms with Crippen LogP contribution >= 0.6 is 0 Å². The summed E-state index contributed by atoms with van der Waals surface area (Å²) in [7, 11) is 1.73. The Labute approximate surface area is 127 Å². The average molecular weight is 291 g/mol. The van der Waals surface area contributed by atoms with Crippen LogP contribution < -0.4 is 4.74 Å². The summed E-state index contributed by atoms with van der Waals surface area (Å²) in [6, 6.07) is 8.23. The number of likely N-dealkylation sites (tertiary alicyclic amines) is 1. The van der Waals surface area contributed by atoms with Crippen molar-refractivity contribution < 1.29 is 14.2 Å². The van der Waals surface area contributed by atoms with Gasteiger partial charge in [0, 0.05) is 44.8 Å². The average Bonchev–Trinajstić information content (AvgIpc) is 2.47. The SMILES string of the molecule is CCO[C@@H]1CCOC2(C1)CN(Cc1ccccc1OC)C2. The van der Waals surface area contributed by atoms with E-state index < -0.39 is 0 Å². The summed E-state index contributed by atoms with van der Waals surface area (Å²) in [6.07, 6.45) is 2.43. The van der Waals surface area contributed by atoms with Gasteiger partial charge in [0.05, 0.1) is 18.8 Å². The summed E-state index contributed by atoms with van der Waals surface area (Å²) < 4.78 is 17.3. The molecule has 0 aromatic heterocycles. The molecule has 2 aliphatic heterocycles. The maximum Gasteiger partial charge on any atom is 0.123 e. The molecule has 2 fully saturated rings. The monoisotopic (exact) mass is 291 g/mol. The Balaban J connectivity index is 1.55. The lowest BCUT2D eigenvalue weighted by molar-refractivity contribution is -0.198. The second kappa shape index (κ2) is 6.34. The molecule has 0 aliphatic carbocycles. The maximum absolute atomic E-state index is 6.05. The standard InChI is InChI=1S/C17H25NO3/c1-3-20-15-8-9-21-17(10-15)12-18(13-17)11-14-6-4-5-7-16(14)19-2/h4-7,15H,3,8-13H2,1-2H3/t15-/m1/s1. The lowest BCUT2D eigenvalue weighted by atomic mass is 9.84. The van der Waals surface area contributed by atoms with Crippen molar-refractivity contribution in [3.05, 3.63) is 29.8 Å². The third-order valence-electron chi connectivity index (χ3n) is 4.46. The number of methoxy groups -OCH3 is 1. The van der Waals surface area contributed by atoms with E-state index >= 15 is 0 Å². The molecule has 0 bridgehead atoms. The molecule has 4 heteroatoms. The van der Waals surface area contributed by atoms with Gasteiger partial charge in [-0.05, 0) is 19.4 Å². The van der Waals surface area contributed by atoms with Crippen LogP contribution in [0.4, 0.5) is 0 Å². The van der Waals surface area contributed by atoms with Crippen molar-refractivity contribution in [2.45, 2.75) is 38.0 Å². The van der Waals surface area contributed by atoms with Crippen molar-refractivity contribution in [1.29, 1.82) is 0 Å². The quantitative estimate of drug-likeness (QED) is 0.834. The van der Waals surface area contributed by atoms with Gasteiger partial charge in [0.25, 0.3) is 0 Å². The maximum atomic E-state index is 6.05. The molecule has 1 aromatic rings. The first-order chi connectivity index (χ1) is 10.2. The summed E-state index contributed by atoms with van der Waals surface area (Å²) >= 11 is 0. The van der Waals surface area contributed by atoms with Gasteiger partial charge in [0.15, 0.2) is 0 Å². The Morgan fingerprint density at radius 2 is 2.14 bits per heavy atom. The first kappa shape index (κ1) is 14.8. The van der Waals surface area contributed by atoms with Crippen LogP contribution in [0.5, 0.6) is 5.75 Å². The molecule has 0 unspecified atom stereocenters. The van der Waals surface area contributed by atoms with Gasteiger partial charge < -0.3 is 14.2 Å². The highest BCUT2D eigenvalue weighted by Gasteiger charge is 2.47. The van der Waals surface area contributed by atoms with E-state index in [9.17, 15) is 0 Å². The zero-order chi connectivity index (χ0) is 14.7. The zero-order valence-corrected chi connectivity index (χ0v) is 13.0. The van der Waals surface area contributed by atoms with Crippen LogP contribution in [-0.2, 0) is 16.0 Å². The summed E-state index contributed by atoms with van der Waals surface area (Å²) in [4.78, 5) is 2.42. The first-order valence-electron chi connectivity index (χ1n) is 7.84. The molecule has 2 heterocycles. The lowest BCUT2D eigenvalue weighted by Gasteiger charge is -2.53. The minimum absolute atomic E-state index is 0.0279. The molecule has 0 N–H and O–H groups in total. The van der Waals surface area contributed by atoms with E-state index in [0.29, 0.717) is 6.10 Å². The fraction of sp³-hybridized carbons (Fsp3) is 0.647. The predicted octanol–water partition coefficient (Wildman–Crippen LogP) is 2.47. The normalized spacial score (nSPS) is 24.8. The topological polar surface area (TPSA) is 30.9 Å². The van der Waals surface area contributed by atoms with E-state index in [4.69, 9.17) is 14.2 Å². The molecule has 21 heavy (non-hydrogen) atoms. The van der Waals surface area contributed by atoms with Crippen LogP contribution in [0, 0.1) is 0 Å². The Morgan fingerprint density at radius 1 is 1.33 bits per heavy atom. The summed E-state index contributed by atoms with van der Waals surface area (Å²) in [5.74, 6) is 0.968. The van der Waals surface area contributed by atoms with Gasteiger partial charge in [-0.2, -0.15) is 0 Å². The van der Waals surface area contributed by atoms with Crippen LogP contribution in [0.3, 0.4) is 0 Å². The van der Waals surface area contributed by atoms with E-state index in [0.717, 1.165) is 51.4 Å². The fourth-order valence-electron chi connectivity index (χ4n) is 3.54. The Morgan fingerprint density at radius 3 is 2.90 bits per heavy atom. The van der Waals surface area contributed by atoms with Gasteiger partial charge in [-0.25, -0.2) is 0 Å². The van der Waals surface area contributed by atoms with E-state index in [2.05, 4.69) is 24.0 Å². The minimum atomic E-state index is 0.0279. The van der Waals surface area contributed by atoms with E-state index in [1.807, 2.05) is 12.1 Å². The second-order valence-corrected chi connectivity index (χ2v) is 6.06. The number of ether oxygens (including phenoxy) is 3. The van der Waals surface area contributed by atoms with E-state index in [-0.39, 0.29) is 5.60 Å². The van der Waals surface area contributed by atoms with Gasteiger partial charge in [-0.1, -0.05) is 18.2 Å². The molecular weight excluding hydrogens is 266 g/mol. The summed E-state index contributed by atoms with van der Waals surface area (Å²) in [6.45, 7) is 6.60. The molecule has 0 amide bonds. The Kier molecular flexibility index (Phi) is 4.48. The van der Waals surface area contributed by atoms with Gasteiger partial charge >= 0.3 is 0 Å². The Bertz CT molecular complexity index is 469. The highest BCUT2D eigenvalue weighted by atomic mass is 16.5. The van der Waals surface area contributed by atoms with Crippen LogP contribution in [0.15, 0.2) is 24.3 Å². The van der Waals surface area contributed by atoms with E-state index in [1.54, 1.807) is 7.11 Å². The minimum Gasteiger partial charge on any atom is -0.496 e. The molecule has 0 saturated carbocycles. The molecule has 2 aliphatic rings. The van der Waals surface area contributed by atoms with Gasteiger partial charge in [0.2, 0.25) is 0 Å². The smallest absolute Gasteiger partial charge is 0.123 e. The number of hydrogen-bond acceptors (Lipinski definition) is 4. The van der Waals surface area contributed by atoms with Crippen molar-refractivity contribution in [3.63, 3.8) is 0 Å². The van der Waals surface area contributed by atoms with E-state index in [1.165, 1.54) is 5.56 Å². The van der Waals surface area contributed by atoms with Crippen LogP contribution in [-0.4, -0.2) is 50.0 Å². The molecule has 0 radical (unpaired) electrons. The molecule has 4 nitrogen and oxygen atoms in total. The molecule has 116 valence electrons. The summed E-state index contributed by atoms with van der Waals surface area (Å²) in [5, 5.41) is 0. The predicted molar refractivity (Wildman–Crippen MR) is 81.6 cm³/mol. The fourth-order valence-corrected chi connectivity index (χ4v) is 3.54. The highest BCUT2D eigenvalue weighted by Crippen LogP contribution is 2.36. The number of hydrogen-bond donors (Lipinski definition) is 0. The van der Waals surface area contributed by atoms with Crippen molar-refractivity contribution in [3.8, 4) is 5.75 Å². The third kappa shape index (κ3) is 3.23. The largest absolute Gasteiger partial charge is 0.496 e. The number of nitrogens with zero attached hydrogens (tertiary/aromatic N) is 1. The lowest BCUT2D eigenvalue weighted by Crippen LogP contribution is -2.65. The van der Waals surface area contributed by atoms with Gasteiger partial charge in [-0.3, -0.25) is 4.90 Å². The molecule has 1 aromatic carbocycles. The van der Waals surface area contributed by atoms with Crippen molar-refractivity contribution in [2.24, 2.45) is 0 Å². The molecular formula is C17H25NO3. The number of benzene rings is 1. The van der Waals surface area contributed by atoms with Crippen LogP contribution in [0.2, 0.25) is 0 Å². The molecule has 2 saturated heterocycles. The highest BCUT2D eigenvalue weighted by molar-refractivity contribution is 5.33. The summed E-state index contributed by atoms with van der Waals surface area (Å²) in [5.41, 5.74) is 1.27. The molecule has 1 atom stereocenters.